The van der Waals surface area contributed by atoms with Crippen LogP contribution in [0.4, 0.5) is 0 Å². The van der Waals surface area contributed by atoms with E-state index in [1.807, 2.05) is 42.5 Å². The summed E-state index contributed by atoms with van der Waals surface area (Å²) < 4.78 is 8.66. The van der Waals surface area contributed by atoms with Gasteiger partial charge in [-0.1, -0.05) is 31.0 Å². The van der Waals surface area contributed by atoms with Gasteiger partial charge in [0.25, 0.3) is 0 Å². The van der Waals surface area contributed by atoms with Gasteiger partial charge in [-0.15, -0.1) is 5.92 Å². The second-order valence-electron chi connectivity index (χ2n) is 9.96. The second-order valence-corrected chi connectivity index (χ2v) is 9.96. The predicted octanol–water partition coefficient (Wildman–Crippen LogP) is 5.92. The van der Waals surface area contributed by atoms with Crippen LogP contribution < -0.4 is 10.4 Å². The molecule has 7 nitrogen and oxygen atoms in total. The molecule has 3 heterocycles. The molecule has 0 aliphatic heterocycles. The summed E-state index contributed by atoms with van der Waals surface area (Å²) >= 11 is 0. The third-order valence-electron chi connectivity index (χ3n) is 6.86. The number of rotatable bonds is 6. The minimum absolute atomic E-state index is 0.0533. The summed E-state index contributed by atoms with van der Waals surface area (Å²) in [7, 11) is 1.77. The van der Waals surface area contributed by atoms with Gasteiger partial charge in [0.1, 0.15) is 6.07 Å². The number of aromatic nitrogens is 4. The fourth-order valence-corrected chi connectivity index (χ4v) is 4.67. The Morgan fingerprint density at radius 2 is 1.77 bits per heavy atom. The van der Waals surface area contributed by atoms with Gasteiger partial charge in [0, 0.05) is 36.7 Å². The summed E-state index contributed by atoms with van der Waals surface area (Å²) in [6.07, 6.45) is 5.38. The summed E-state index contributed by atoms with van der Waals surface area (Å²) in [5.41, 5.74) is 5.62. The van der Waals surface area contributed by atoms with Crippen LogP contribution in [-0.2, 0) is 12.5 Å². The molecule has 5 rings (SSSR count). The normalized spacial score (nSPS) is 11.3. The van der Waals surface area contributed by atoms with Crippen LogP contribution in [-0.4, -0.2) is 25.7 Å². The van der Waals surface area contributed by atoms with Gasteiger partial charge in [-0.05, 0) is 61.7 Å². The quantitative estimate of drug-likeness (QED) is 0.262. The Labute approximate surface area is 227 Å². The van der Waals surface area contributed by atoms with Crippen molar-refractivity contribution in [3.63, 3.8) is 0 Å². The minimum Gasteiger partial charge on any atom is -0.462 e. The molecule has 0 spiro atoms. The number of nitrogens with zero attached hydrogens (tertiary/aromatic N) is 5. The highest BCUT2D eigenvalue weighted by Crippen LogP contribution is 2.31. The van der Waals surface area contributed by atoms with Crippen LogP contribution in [0.25, 0.3) is 38.8 Å². The maximum Gasteiger partial charge on any atom is 0.333 e. The number of imidazole rings is 1. The molecule has 194 valence electrons. The second kappa shape index (κ2) is 10.5. The molecular formula is C32H29N5O2. The lowest BCUT2D eigenvalue weighted by molar-refractivity contribution is 0.353. The standard InChI is InChI=1S/C32H29N5O2/c1-5-6-7-16-32(2,3)24-10-12-25(13-11-24)37-30-26-19-22(23-9-15-29(35-20-23)39-18-17-33)8-14-27(26)34-21-28(30)36(4)31(37)38/h8-15,19-21H,5-6,18H2,1-4H3. The highest BCUT2D eigenvalue weighted by atomic mass is 16.5. The van der Waals surface area contributed by atoms with Gasteiger partial charge in [-0.25, -0.2) is 9.78 Å². The maximum atomic E-state index is 13.5. The van der Waals surface area contributed by atoms with E-state index < -0.39 is 0 Å². The first-order valence-corrected chi connectivity index (χ1v) is 12.9. The number of hydrogen-bond donors (Lipinski definition) is 0. The molecule has 5 aromatic rings. The zero-order valence-electron chi connectivity index (χ0n) is 22.5. The molecule has 39 heavy (non-hydrogen) atoms. The predicted molar refractivity (Wildman–Crippen MR) is 154 cm³/mol. The Hall–Kier alpha value is -4.88. The number of aryl methyl sites for hydroxylation is 1. The molecule has 0 aliphatic rings. The van der Waals surface area contributed by atoms with Gasteiger partial charge < -0.3 is 4.74 Å². The molecule has 0 saturated heterocycles. The molecule has 0 aliphatic carbocycles. The SMILES string of the molecule is CCCC#CC(C)(C)c1ccc(-n2c(=O)n(C)c3cnc4ccc(-c5ccc(OCC#N)nc5)cc4c32)cc1. The summed E-state index contributed by atoms with van der Waals surface area (Å²) in [6.45, 7) is 6.31. The van der Waals surface area contributed by atoms with E-state index in [-0.39, 0.29) is 17.7 Å². The van der Waals surface area contributed by atoms with Crippen molar-refractivity contribution >= 4 is 21.9 Å². The Morgan fingerprint density at radius 1 is 1.00 bits per heavy atom. The molecule has 0 atom stereocenters. The van der Waals surface area contributed by atoms with Crippen LogP contribution in [0.15, 0.2) is 71.8 Å². The number of nitriles is 1. The van der Waals surface area contributed by atoms with Crippen LogP contribution in [0, 0.1) is 23.2 Å². The number of unbranched alkanes of at least 4 members (excludes halogenated alkanes) is 1. The number of benzene rings is 2. The number of fused-ring (bicyclic) bond motifs is 3. The van der Waals surface area contributed by atoms with E-state index in [0.717, 1.165) is 57.2 Å². The van der Waals surface area contributed by atoms with Gasteiger partial charge in [-0.3, -0.25) is 14.1 Å². The molecule has 0 unspecified atom stereocenters. The zero-order valence-corrected chi connectivity index (χ0v) is 22.5. The van der Waals surface area contributed by atoms with Crippen molar-refractivity contribution in [1.29, 1.82) is 5.26 Å². The van der Waals surface area contributed by atoms with E-state index in [2.05, 4.69) is 54.7 Å². The van der Waals surface area contributed by atoms with Crippen molar-refractivity contribution in [2.45, 2.75) is 39.0 Å². The summed E-state index contributed by atoms with van der Waals surface area (Å²) in [5, 5.41) is 9.59. The largest absolute Gasteiger partial charge is 0.462 e. The minimum atomic E-state index is -0.286. The van der Waals surface area contributed by atoms with Crippen LogP contribution in [0.5, 0.6) is 5.88 Å². The van der Waals surface area contributed by atoms with Crippen LogP contribution >= 0.6 is 0 Å². The molecule has 3 aromatic heterocycles. The topological polar surface area (TPSA) is 85.7 Å². The van der Waals surface area contributed by atoms with E-state index in [4.69, 9.17) is 10.00 Å². The average Bonchev–Trinajstić information content (AvgIpc) is 3.22. The first kappa shape index (κ1) is 25.8. The van der Waals surface area contributed by atoms with Crippen LogP contribution in [0.1, 0.15) is 39.2 Å². The molecule has 7 heteroatoms. The maximum absolute atomic E-state index is 13.5. The van der Waals surface area contributed by atoms with Crippen molar-refractivity contribution in [3.05, 3.63) is 83.0 Å². The fraction of sp³-hybridized carbons (Fsp3) is 0.250. The monoisotopic (exact) mass is 515 g/mol. The third kappa shape index (κ3) is 4.87. The van der Waals surface area contributed by atoms with Gasteiger partial charge >= 0.3 is 5.69 Å². The van der Waals surface area contributed by atoms with Gasteiger partial charge in [-0.2, -0.15) is 5.26 Å². The van der Waals surface area contributed by atoms with E-state index in [9.17, 15) is 4.79 Å². The van der Waals surface area contributed by atoms with E-state index in [1.165, 1.54) is 0 Å². The smallest absolute Gasteiger partial charge is 0.333 e. The molecule has 2 aromatic carbocycles. The number of hydrogen-bond acceptors (Lipinski definition) is 5. The molecule has 0 N–H and O–H groups in total. The summed E-state index contributed by atoms with van der Waals surface area (Å²) in [4.78, 5) is 22.4. The molecule has 0 saturated carbocycles. The van der Waals surface area contributed by atoms with Gasteiger partial charge in [0.2, 0.25) is 5.88 Å². The Bertz CT molecular complexity index is 1830. The molecule has 0 fully saturated rings. The highest BCUT2D eigenvalue weighted by Gasteiger charge is 2.20. The van der Waals surface area contributed by atoms with E-state index in [0.29, 0.717) is 5.88 Å². The lowest BCUT2D eigenvalue weighted by atomic mass is 9.85. The first-order chi connectivity index (χ1) is 18.8. The molecule has 0 radical (unpaired) electrons. The Morgan fingerprint density at radius 3 is 2.46 bits per heavy atom. The van der Waals surface area contributed by atoms with Gasteiger partial charge in [0.15, 0.2) is 6.61 Å². The molecule has 0 amide bonds. The van der Waals surface area contributed by atoms with Crippen LogP contribution in [0.2, 0.25) is 0 Å². The van der Waals surface area contributed by atoms with Crippen molar-refractivity contribution in [2.24, 2.45) is 7.05 Å². The molecular weight excluding hydrogens is 486 g/mol. The fourth-order valence-electron chi connectivity index (χ4n) is 4.67. The lowest BCUT2D eigenvalue weighted by Gasteiger charge is -2.19. The van der Waals surface area contributed by atoms with Crippen molar-refractivity contribution in [3.8, 4) is 40.6 Å². The van der Waals surface area contributed by atoms with Crippen molar-refractivity contribution in [1.82, 2.24) is 19.1 Å². The third-order valence-corrected chi connectivity index (χ3v) is 6.86. The van der Waals surface area contributed by atoms with E-state index in [1.54, 1.807) is 34.6 Å². The highest BCUT2D eigenvalue weighted by molar-refractivity contribution is 6.04. The Balaban J connectivity index is 1.62. The average molecular weight is 516 g/mol. The van der Waals surface area contributed by atoms with Crippen molar-refractivity contribution < 1.29 is 4.74 Å². The molecule has 0 bridgehead atoms. The Kier molecular flexibility index (Phi) is 6.92. The zero-order chi connectivity index (χ0) is 27.6. The summed E-state index contributed by atoms with van der Waals surface area (Å²) in [6, 6.07) is 19.6. The van der Waals surface area contributed by atoms with E-state index >= 15 is 0 Å². The van der Waals surface area contributed by atoms with Gasteiger partial charge in [0.05, 0.1) is 33.8 Å². The number of ether oxygens (including phenoxy) is 1. The first-order valence-electron chi connectivity index (χ1n) is 12.9. The van der Waals surface area contributed by atoms with Crippen LogP contribution in [0.3, 0.4) is 0 Å². The lowest BCUT2D eigenvalue weighted by Crippen LogP contribution is -2.21. The van der Waals surface area contributed by atoms with Crippen molar-refractivity contribution in [2.75, 3.05) is 6.61 Å². The summed E-state index contributed by atoms with van der Waals surface area (Å²) in [5.74, 6) is 7.04. The number of pyridine rings is 2.